The van der Waals surface area contributed by atoms with Gasteiger partial charge in [0.25, 0.3) is 5.56 Å². The minimum atomic E-state index is -0.251. The molecule has 0 atom stereocenters. The fraction of sp³-hybridized carbons (Fsp3) is 0. The highest BCUT2D eigenvalue weighted by Gasteiger charge is 2.13. The standard InChI is InChI=1S/C14H8Cl2N2OS/c15-9-5-3-6-10(16)12(9)18-13(19)8-4-1-2-7-11(8)17-14(18)20/h1-7H,(H,17,20). The van der Waals surface area contributed by atoms with Crippen molar-refractivity contribution in [2.75, 3.05) is 0 Å². The second-order valence-electron chi connectivity index (χ2n) is 4.19. The van der Waals surface area contributed by atoms with Crippen molar-refractivity contribution in [2.24, 2.45) is 0 Å². The van der Waals surface area contributed by atoms with Gasteiger partial charge in [-0.3, -0.25) is 4.79 Å². The maximum Gasteiger partial charge on any atom is 0.266 e. The van der Waals surface area contributed by atoms with Crippen LogP contribution in [0.5, 0.6) is 0 Å². The summed E-state index contributed by atoms with van der Waals surface area (Å²) < 4.78 is 1.58. The molecule has 0 radical (unpaired) electrons. The summed E-state index contributed by atoms with van der Waals surface area (Å²) in [7, 11) is 0. The van der Waals surface area contributed by atoms with E-state index in [9.17, 15) is 4.79 Å². The fourth-order valence-electron chi connectivity index (χ4n) is 2.07. The third-order valence-corrected chi connectivity index (χ3v) is 3.86. The van der Waals surface area contributed by atoms with Crippen molar-refractivity contribution in [1.29, 1.82) is 0 Å². The van der Waals surface area contributed by atoms with Gasteiger partial charge < -0.3 is 4.98 Å². The van der Waals surface area contributed by atoms with Gasteiger partial charge in [-0.15, -0.1) is 0 Å². The molecule has 0 aliphatic rings. The predicted molar refractivity (Wildman–Crippen MR) is 84.7 cm³/mol. The smallest absolute Gasteiger partial charge is 0.266 e. The minimum Gasteiger partial charge on any atom is -0.331 e. The topological polar surface area (TPSA) is 37.8 Å². The van der Waals surface area contributed by atoms with Gasteiger partial charge in [-0.25, -0.2) is 4.57 Å². The number of rotatable bonds is 1. The Morgan fingerprint density at radius 1 is 1.00 bits per heavy atom. The number of H-pyrrole nitrogens is 1. The maximum absolute atomic E-state index is 12.6. The van der Waals surface area contributed by atoms with Crippen LogP contribution in [0.4, 0.5) is 0 Å². The van der Waals surface area contributed by atoms with Gasteiger partial charge in [0.05, 0.1) is 26.6 Å². The Kier molecular flexibility index (Phi) is 3.38. The number of aromatic nitrogens is 2. The molecule has 0 spiro atoms. The number of benzene rings is 2. The molecule has 2 aromatic carbocycles. The quantitative estimate of drug-likeness (QED) is 0.676. The lowest BCUT2D eigenvalue weighted by Crippen LogP contribution is -2.21. The van der Waals surface area contributed by atoms with Crippen LogP contribution in [0, 0.1) is 4.77 Å². The molecule has 20 heavy (non-hydrogen) atoms. The molecule has 0 fully saturated rings. The van der Waals surface area contributed by atoms with Crippen LogP contribution < -0.4 is 5.56 Å². The minimum absolute atomic E-state index is 0.251. The van der Waals surface area contributed by atoms with Crippen molar-refractivity contribution in [3.05, 3.63) is 67.6 Å². The molecule has 0 unspecified atom stereocenters. The molecule has 0 aliphatic heterocycles. The summed E-state index contributed by atoms with van der Waals surface area (Å²) in [6, 6.07) is 12.2. The highest BCUT2D eigenvalue weighted by Crippen LogP contribution is 2.27. The van der Waals surface area contributed by atoms with Gasteiger partial charge in [0.15, 0.2) is 4.77 Å². The van der Waals surface area contributed by atoms with E-state index in [0.29, 0.717) is 26.6 Å². The summed E-state index contributed by atoms with van der Waals surface area (Å²) >= 11 is 17.6. The van der Waals surface area contributed by atoms with Gasteiger partial charge in [-0.2, -0.15) is 0 Å². The number of aromatic amines is 1. The molecular weight excluding hydrogens is 315 g/mol. The van der Waals surface area contributed by atoms with Crippen molar-refractivity contribution >= 4 is 46.3 Å². The summed E-state index contributed by atoms with van der Waals surface area (Å²) in [4.78, 5) is 15.6. The fourth-order valence-corrected chi connectivity index (χ4v) is 2.92. The highest BCUT2D eigenvalue weighted by atomic mass is 35.5. The average molecular weight is 323 g/mol. The van der Waals surface area contributed by atoms with Crippen LogP contribution in [0.1, 0.15) is 0 Å². The number of nitrogens with one attached hydrogen (secondary N) is 1. The number of halogens is 2. The monoisotopic (exact) mass is 322 g/mol. The Labute approximate surface area is 129 Å². The summed E-state index contributed by atoms with van der Waals surface area (Å²) in [5.74, 6) is 0. The molecule has 0 bridgehead atoms. The third kappa shape index (κ3) is 2.06. The van der Waals surface area contributed by atoms with E-state index in [2.05, 4.69) is 4.98 Å². The third-order valence-electron chi connectivity index (χ3n) is 2.97. The van der Waals surface area contributed by atoms with Crippen LogP contribution in [-0.2, 0) is 0 Å². The first kappa shape index (κ1) is 13.4. The zero-order chi connectivity index (χ0) is 14.3. The first-order valence-electron chi connectivity index (χ1n) is 5.78. The summed E-state index contributed by atoms with van der Waals surface area (Å²) in [5, 5.41) is 1.26. The van der Waals surface area contributed by atoms with E-state index in [4.69, 9.17) is 35.4 Å². The predicted octanol–water partition coefficient (Wildman–Crippen LogP) is 4.36. The van der Waals surface area contributed by atoms with E-state index >= 15 is 0 Å². The Hall–Kier alpha value is -1.62. The molecule has 3 aromatic rings. The van der Waals surface area contributed by atoms with Crippen molar-refractivity contribution in [2.45, 2.75) is 0 Å². The number of hydrogen-bond acceptors (Lipinski definition) is 2. The molecule has 1 N–H and O–H groups in total. The number of fused-ring (bicyclic) bond motifs is 1. The second kappa shape index (κ2) is 5.05. The van der Waals surface area contributed by atoms with Gasteiger partial charge in [0, 0.05) is 0 Å². The zero-order valence-corrected chi connectivity index (χ0v) is 12.4. The number of nitrogens with zero attached hydrogens (tertiary/aromatic N) is 1. The molecule has 1 aromatic heterocycles. The van der Waals surface area contributed by atoms with E-state index in [1.807, 2.05) is 6.07 Å². The highest BCUT2D eigenvalue weighted by molar-refractivity contribution is 7.71. The molecule has 0 aliphatic carbocycles. The number of para-hydroxylation sites is 2. The Morgan fingerprint density at radius 3 is 2.35 bits per heavy atom. The maximum atomic E-state index is 12.6. The second-order valence-corrected chi connectivity index (χ2v) is 5.39. The normalized spacial score (nSPS) is 10.9. The van der Waals surface area contributed by atoms with Gasteiger partial charge in [0.2, 0.25) is 0 Å². The van der Waals surface area contributed by atoms with Crippen LogP contribution >= 0.6 is 35.4 Å². The lowest BCUT2D eigenvalue weighted by Gasteiger charge is -2.11. The molecule has 100 valence electrons. The Morgan fingerprint density at radius 2 is 1.65 bits per heavy atom. The molecule has 0 saturated carbocycles. The van der Waals surface area contributed by atoms with Gasteiger partial charge in [-0.05, 0) is 36.5 Å². The van der Waals surface area contributed by atoms with E-state index in [0.717, 1.165) is 0 Å². The SMILES string of the molecule is O=c1c2ccccc2[nH]c(=S)n1-c1c(Cl)cccc1Cl. The molecule has 6 heteroatoms. The summed E-state index contributed by atoms with van der Waals surface area (Å²) in [6.45, 7) is 0. The Bertz CT molecular complexity index is 910. The summed E-state index contributed by atoms with van der Waals surface area (Å²) in [5.41, 5.74) is 0.828. The van der Waals surface area contributed by atoms with E-state index < -0.39 is 0 Å². The van der Waals surface area contributed by atoms with Crippen LogP contribution in [-0.4, -0.2) is 9.55 Å². The van der Waals surface area contributed by atoms with Crippen molar-refractivity contribution in [3.63, 3.8) is 0 Å². The molecule has 0 amide bonds. The summed E-state index contributed by atoms with van der Waals surface area (Å²) in [6.07, 6.45) is 0. The molecule has 3 nitrogen and oxygen atoms in total. The van der Waals surface area contributed by atoms with Gasteiger partial charge >= 0.3 is 0 Å². The average Bonchev–Trinajstić information content (AvgIpc) is 2.42. The van der Waals surface area contributed by atoms with Crippen molar-refractivity contribution in [1.82, 2.24) is 9.55 Å². The zero-order valence-electron chi connectivity index (χ0n) is 10.1. The number of hydrogen-bond donors (Lipinski definition) is 1. The molecule has 0 saturated heterocycles. The van der Waals surface area contributed by atoms with Gasteiger partial charge in [-0.1, -0.05) is 41.4 Å². The van der Waals surface area contributed by atoms with Crippen LogP contribution in [0.15, 0.2) is 47.3 Å². The molecular formula is C14H8Cl2N2OS. The first-order valence-corrected chi connectivity index (χ1v) is 6.94. The Balaban J connectivity index is 2.50. The largest absolute Gasteiger partial charge is 0.331 e. The van der Waals surface area contributed by atoms with Crippen molar-refractivity contribution < 1.29 is 0 Å². The van der Waals surface area contributed by atoms with E-state index in [-0.39, 0.29) is 10.3 Å². The van der Waals surface area contributed by atoms with Crippen LogP contribution in [0.25, 0.3) is 16.6 Å². The molecule has 1 heterocycles. The first-order chi connectivity index (χ1) is 9.59. The lowest BCUT2D eigenvalue weighted by molar-refractivity contribution is 0.940. The van der Waals surface area contributed by atoms with Gasteiger partial charge in [0.1, 0.15) is 0 Å². The van der Waals surface area contributed by atoms with Crippen molar-refractivity contribution in [3.8, 4) is 5.69 Å². The van der Waals surface area contributed by atoms with E-state index in [1.165, 1.54) is 4.57 Å². The van der Waals surface area contributed by atoms with Crippen LogP contribution in [0.2, 0.25) is 10.0 Å². The molecule has 3 rings (SSSR count). The lowest BCUT2D eigenvalue weighted by atomic mass is 10.2. The van der Waals surface area contributed by atoms with Crippen LogP contribution in [0.3, 0.4) is 0 Å². The van der Waals surface area contributed by atoms with E-state index in [1.54, 1.807) is 36.4 Å².